The zero-order chi connectivity index (χ0) is 13.6. The van der Waals surface area contributed by atoms with Gasteiger partial charge in [0.25, 0.3) is 0 Å². The number of fused-ring (bicyclic) bond motifs is 1. The van der Waals surface area contributed by atoms with Gasteiger partial charge in [-0.2, -0.15) is 0 Å². The van der Waals surface area contributed by atoms with Gasteiger partial charge in [0.05, 0.1) is 11.0 Å². The second-order valence-corrected chi connectivity index (χ2v) is 5.14. The molecule has 3 N–H and O–H groups in total. The van der Waals surface area contributed by atoms with E-state index in [1.54, 1.807) is 0 Å². The Morgan fingerprint density at radius 3 is 2.53 bits per heavy atom. The molecular weight excluding hydrogens is 234 g/mol. The highest BCUT2D eigenvalue weighted by molar-refractivity contribution is 5.83. The van der Waals surface area contributed by atoms with E-state index in [-0.39, 0.29) is 0 Å². The third kappa shape index (κ3) is 1.97. The van der Waals surface area contributed by atoms with Gasteiger partial charge in [0, 0.05) is 11.3 Å². The van der Waals surface area contributed by atoms with Crippen LogP contribution in [0.1, 0.15) is 16.7 Å². The highest BCUT2D eigenvalue weighted by atomic mass is 14.9. The first kappa shape index (κ1) is 11.8. The number of hydrogen-bond acceptors (Lipinski definition) is 2. The van der Waals surface area contributed by atoms with Crippen LogP contribution in [0.3, 0.4) is 0 Å². The summed E-state index contributed by atoms with van der Waals surface area (Å²) in [6.07, 6.45) is 0. The van der Waals surface area contributed by atoms with E-state index in [1.807, 2.05) is 18.2 Å². The van der Waals surface area contributed by atoms with Gasteiger partial charge < -0.3 is 10.7 Å². The lowest BCUT2D eigenvalue weighted by molar-refractivity contribution is 1.30. The molecule has 3 aromatic rings. The van der Waals surface area contributed by atoms with E-state index in [0.717, 1.165) is 33.7 Å². The van der Waals surface area contributed by atoms with Crippen molar-refractivity contribution in [2.24, 2.45) is 0 Å². The molecule has 0 aliphatic rings. The summed E-state index contributed by atoms with van der Waals surface area (Å²) in [4.78, 5) is 8.12. The fraction of sp³-hybridized carbons (Fsp3) is 0.188. The Bertz CT molecular complexity index is 769. The molecule has 0 aliphatic heterocycles. The van der Waals surface area contributed by atoms with E-state index in [4.69, 9.17) is 10.7 Å². The minimum Gasteiger partial charge on any atom is -0.399 e. The molecule has 0 saturated heterocycles. The van der Waals surface area contributed by atoms with Crippen LogP contribution in [0.2, 0.25) is 0 Å². The normalized spacial score (nSPS) is 11.1. The molecule has 1 heterocycles. The number of rotatable bonds is 1. The average molecular weight is 251 g/mol. The van der Waals surface area contributed by atoms with Crippen LogP contribution in [0.5, 0.6) is 0 Å². The zero-order valence-corrected chi connectivity index (χ0v) is 11.4. The summed E-state index contributed by atoms with van der Waals surface area (Å²) < 4.78 is 0. The largest absolute Gasteiger partial charge is 0.399 e. The molecule has 0 saturated carbocycles. The van der Waals surface area contributed by atoms with Gasteiger partial charge >= 0.3 is 0 Å². The molecule has 1 aromatic heterocycles. The first-order chi connectivity index (χ1) is 9.04. The lowest BCUT2D eigenvalue weighted by atomic mass is 10.1. The molecule has 96 valence electrons. The number of aromatic nitrogens is 2. The molecule has 3 nitrogen and oxygen atoms in total. The molecule has 0 spiro atoms. The van der Waals surface area contributed by atoms with Crippen molar-refractivity contribution in [3.8, 4) is 11.4 Å². The molecule has 3 rings (SSSR count). The number of anilines is 1. The smallest absolute Gasteiger partial charge is 0.138 e. The van der Waals surface area contributed by atoms with E-state index in [0.29, 0.717) is 0 Å². The summed E-state index contributed by atoms with van der Waals surface area (Å²) >= 11 is 0. The fourth-order valence-corrected chi connectivity index (χ4v) is 2.55. The molecule has 2 aromatic carbocycles. The van der Waals surface area contributed by atoms with Crippen molar-refractivity contribution in [2.75, 3.05) is 5.73 Å². The van der Waals surface area contributed by atoms with Gasteiger partial charge in [-0.3, -0.25) is 0 Å². The molecule has 0 fully saturated rings. The molecule has 0 bridgehead atoms. The van der Waals surface area contributed by atoms with Crippen molar-refractivity contribution in [2.45, 2.75) is 20.8 Å². The van der Waals surface area contributed by atoms with Crippen molar-refractivity contribution in [1.29, 1.82) is 0 Å². The Hall–Kier alpha value is -2.29. The number of aryl methyl sites for hydroxylation is 3. The van der Waals surface area contributed by atoms with Crippen molar-refractivity contribution in [3.63, 3.8) is 0 Å². The molecule has 0 unspecified atom stereocenters. The van der Waals surface area contributed by atoms with Gasteiger partial charge in [-0.1, -0.05) is 6.07 Å². The fourth-order valence-electron chi connectivity index (χ4n) is 2.55. The Kier molecular flexibility index (Phi) is 2.56. The maximum Gasteiger partial charge on any atom is 0.138 e. The zero-order valence-electron chi connectivity index (χ0n) is 11.4. The van der Waals surface area contributed by atoms with Crippen LogP contribution >= 0.6 is 0 Å². The average Bonchev–Trinajstić information content (AvgIpc) is 2.72. The van der Waals surface area contributed by atoms with E-state index in [9.17, 15) is 0 Å². The summed E-state index contributed by atoms with van der Waals surface area (Å²) in [5, 5.41) is 0. The van der Waals surface area contributed by atoms with Gasteiger partial charge in [0.2, 0.25) is 0 Å². The number of imidazole rings is 1. The van der Waals surface area contributed by atoms with Crippen molar-refractivity contribution < 1.29 is 0 Å². The minimum atomic E-state index is 0.782. The van der Waals surface area contributed by atoms with Gasteiger partial charge in [-0.25, -0.2) is 4.98 Å². The lowest BCUT2D eigenvalue weighted by Gasteiger charge is -2.03. The van der Waals surface area contributed by atoms with Crippen molar-refractivity contribution in [3.05, 3.63) is 47.0 Å². The van der Waals surface area contributed by atoms with E-state index in [2.05, 4.69) is 37.9 Å². The maximum atomic E-state index is 5.79. The van der Waals surface area contributed by atoms with Crippen LogP contribution in [-0.4, -0.2) is 9.97 Å². The molecule has 3 heteroatoms. The summed E-state index contributed by atoms with van der Waals surface area (Å²) in [6, 6.07) is 10.2. The third-order valence-corrected chi connectivity index (χ3v) is 3.43. The minimum absolute atomic E-state index is 0.782. The summed E-state index contributed by atoms with van der Waals surface area (Å²) in [5.74, 6) is 0.904. The Balaban J connectivity index is 2.23. The number of nitrogens with one attached hydrogen (secondary N) is 1. The monoisotopic (exact) mass is 251 g/mol. The first-order valence-electron chi connectivity index (χ1n) is 6.38. The Labute approximate surface area is 112 Å². The maximum absolute atomic E-state index is 5.79. The summed E-state index contributed by atoms with van der Waals surface area (Å²) in [6.45, 7) is 6.24. The Morgan fingerprint density at radius 2 is 1.79 bits per heavy atom. The Morgan fingerprint density at radius 1 is 1.00 bits per heavy atom. The van der Waals surface area contributed by atoms with Crippen molar-refractivity contribution >= 4 is 16.7 Å². The van der Waals surface area contributed by atoms with Crippen LogP contribution in [0.15, 0.2) is 30.3 Å². The molecular formula is C16H17N3. The highest BCUT2D eigenvalue weighted by Crippen LogP contribution is 2.26. The molecule has 0 aliphatic carbocycles. The van der Waals surface area contributed by atoms with Gasteiger partial charge in [0.15, 0.2) is 0 Å². The molecule has 19 heavy (non-hydrogen) atoms. The number of aromatic amines is 1. The molecule has 0 amide bonds. The number of H-pyrrole nitrogens is 1. The quantitative estimate of drug-likeness (QED) is 0.647. The van der Waals surface area contributed by atoms with Crippen LogP contribution in [0.4, 0.5) is 5.69 Å². The number of nitrogen functional groups attached to an aromatic ring is 1. The second kappa shape index (κ2) is 4.12. The topological polar surface area (TPSA) is 54.7 Å². The van der Waals surface area contributed by atoms with Crippen LogP contribution in [0.25, 0.3) is 22.4 Å². The molecule has 0 radical (unpaired) electrons. The van der Waals surface area contributed by atoms with Gasteiger partial charge in [0.1, 0.15) is 5.82 Å². The number of hydrogen-bond donors (Lipinski definition) is 2. The van der Waals surface area contributed by atoms with Crippen molar-refractivity contribution in [1.82, 2.24) is 9.97 Å². The third-order valence-electron chi connectivity index (χ3n) is 3.43. The standard InChI is InChI=1S/C16H17N3/c1-9-6-11(3)15-14(7-9)18-16(19-15)13-5-4-12(17)8-10(13)2/h4-8H,17H2,1-3H3,(H,18,19). The van der Waals surface area contributed by atoms with E-state index >= 15 is 0 Å². The predicted octanol–water partition coefficient (Wildman–Crippen LogP) is 3.74. The van der Waals surface area contributed by atoms with Crippen LogP contribution in [0, 0.1) is 20.8 Å². The predicted molar refractivity (Wildman–Crippen MR) is 80.2 cm³/mol. The molecule has 0 atom stereocenters. The highest BCUT2D eigenvalue weighted by Gasteiger charge is 2.09. The van der Waals surface area contributed by atoms with E-state index < -0.39 is 0 Å². The number of benzene rings is 2. The van der Waals surface area contributed by atoms with E-state index in [1.165, 1.54) is 11.1 Å². The summed E-state index contributed by atoms with van der Waals surface area (Å²) in [7, 11) is 0. The van der Waals surface area contributed by atoms with Gasteiger partial charge in [-0.15, -0.1) is 0 Å². The second-order valence-electron chi connectivity index (χ2n) is 5.14. The number of nitrogens with two attached hydrogens (primary N) is 1. The van der Waals surface area contributed by atoms with Gasteiger partial charge in [-0.05, 0) is 61.7 Å². The first-order valence-corrected chi connectivity index (χ1v) is 6.38. The lowest BCUT2D eigenvalue weighted by Crippen LogP contribution is -1.89. The van der Waals surface area contributed by atoms with Crippen LogP contribution < -0.4 is 5.73 Å². The number of nitrogens with zero attached hydrogens (tertiary/aromatic N) is 1. The van der Waals surface area contributed by atoms with Crippen LogP contribution in [-0.2, 0) is 0 Å². The summed E-state index contributed by atoms with van der Waals surface area (Å²) in [5.41, 5.74) is 13.4. The SMILES string of the molecule is Cc1cc(C)c2nc(-c3ccc(N)cc3C)[nH]c2c1.